The zero-order chi connectivity index (χ0) is 11.1. The van der Waals surface area contributed by atoms with E-state index >= 15 is 0 Å². The quantitative estimate of drug-likeness (QED) is 0.520. The molecule has 1 amide bonds. The molecule has 0 aromatic heterocycles. The first-order valence-electron chi connectivity index (χ1n) is 5.53. The summed E-state index contributed by atoms with van der Waals surface area (Å²) < 4.78 is 5.33. The number of ether oxygens (including phenoxy) is 1. The minimum Gasteiger partial charge on any atom is -0.377 e. The molecule has 0 aromatic carbocycles. The van der Waals surface area contributed by atoms with E-state index in [9.17, 15) is 4.79 Å². The zero-order valence-corrected chi connectivity index (χ0v) is 9.51. The topological polar surface area (TPSA) is 62.4 Å². The Morgan fingerprint density at radius 3 is 2.93 bits per heavy atom. The fraction of sp³-hybridized carbons (Fsp3) is 0.900. The standard InChI is InChI=1S/C10H21N3O2/c1-8(2)15-6-5-13-10(14)9-7-11-3-4-12-9/h8-9,11-12H,3-7H2,1-2H3,(H,13,14). The van der Waals surface area contributed by atoms with Gasteiger partial charge in [-0.15, -0.1) is 0 Å². The normalized spacial score (nSPS) is 21.7. The molecule has 1 heterocycles. The summed E-state index contributed by atoms with van der Waals surface area (Å²) in [4.78, 5) is 11.6. The summed E-state index contributed by atoms with van der Waals surface area (Å²) in [5, 5.41) is 9.16. The lowest BCUT2D eigenvalue weighted by atomic mass is 10.2. The van der Waals surface area contributed by atoms with E-state index in [1.165, 1.54) is 0 Å². The van der Waals surface area contributed by atoms with Crippen LogP contribution in [0, 0.1) is 0 Å². The van der Waals surface area contributed by atoms with E-state index in [2.05, 4.69) is 16.0 Å². The zero-order valence-electron chi connectivity index (χ0n) is 9.51. The molecule has 0 radical (unpaired) electrons. The molecular weight excluding hydrogens is 194 g/mol. The Bertz CT molecular complexity index is 191. The number of nitrogens with one attached hydrogen (secondary N) is 3. The SMILES string of the molecule is CC(C)OCCNC(=O)C1CNCCN1. The third-order valence-electron chi connectivity index (χ3n) is 2.21. The van der Waals surface area contributed by atoms with Crippen molar-refractivity contribution >= 4 is 5.91 Å². The first-order valence-corrected chi connectivity index (χ1v) is 5.53. The van der Waals surface area contributed by atoms with Crippen LogP contribution < -0.4 is 16.0 Å². The van der Waals surface area contributed by atoms with Crippen LogP contribution >= 0.6 is 0 Å². The van der Waals surface area contributed by atoms with Gasteiger partial charge in [0, 0.05) is 26.2 Å². The van der Waals surface area contributed by atoms with Crippen LogP contribution in [-0.4, -0.2) is 50.8 Å². The molecule has 88 valence electrons. The highest BCUT2D eigenvalue weighted by Gasteiger charge is 2.19. The van der Waals surface area contributed by atoms with Gasteiger partial charge in [0.15, 0.2) is 0 Å². The molecule has 5 nitrogen and oxygen atoms in total. The molecule has 15 heavy (non-hydrogen) atoms. The molecule has 0 bridgehead atoms. The summed E-state index contributed by atoms with van der Waals surface area (Å²) in [7, 11) is 0. The lowest BCUT2D eigenvalue weighted by Crippen LogP contribution is -2.56. The van der Waals surface area contributed by atoms with Crippen molar-refractivity contribution in [2.75, 3.05) is 32.8 Å². The lowest BCUT2D eigenvalue weighted by Gasteiger charge is -2.23. The van der Waals surface area contributed by atoms with Crippen molar-refractivity contribution in [1.29, 1.82) is 0 Å². The molecule has 1 atom stereocenters. The van der Waals surface area contributed by atoms with Crippen LogP contribution in [0.4, 0.5) is 0 Å². The number of hydrogen-bond acceptors (Lipinski definition) is 4. The molecule has 1 fully saturated rings. The summed E-state index contributed by atoms with van der Waals surface area (Å²) >= 11 is 0. The van der Waals surface area contributed by atoms with Crippen LogP contribution in [0.2, 0.25) is 0 Å². The second-order valence-corrected chi connectivity index (χ2v) is 3.92. The highest BCUT2D eigenvalue weighted by atomic mass is 16.5. The maximum Gasteiger partial charge on any atom is 0.238 e. The first kappa shape index (κ1) is 12.4. The van der Waals surface area contributed by atoms with Crippen molar-refractivity contribution in [2.45, 2.75) is 26.0 Å². The monoisotopic (exact) mass is 215 g/mol. The van der Waals surface area contributed by atoms with Gasteiger partial charge in [0.2, 0.25) is 5.91 Å². The Labute approximate surface area is 90.9 Å². The number of carbonyl (C=O) groups excluding carboxylic acids is 1. The van der Waals surface area contributed by atoms with Crippen molar-refractivity contribution in [1.82, 2.24) is 16.0 Å². The Balaban J connectivity index is 2.07. The van der Waals surface area contributed by atoms with E-state index in [1.54, 1.807) is 0 Å². The van der Waals surface area contributed by atoms with Crippen molar-refractivity contribution < 1.29 is 9.53 Å². The Morgan fingerprint density at radius 1 is 1.53 bits per heavy atom. The van der Waals surface area contributed by atoms with E-state index < -0.39 is 0 Å². The van der Waals surface area contributed by atoms with Gasteiger partial charge in [-0.2, -0.15) is 0 Å². The summed E-state index contributed by atoms with van der Waals surface area (Å²) in [5.41, 5.74) is 0. The summed E-state index contributed by atoms with van der Waals surface area (Å²) in [6.45, 7) is 7.60. The largest absolute Gasteiger partial charge is 0.377 e. The third kappa shape index (κ3) is 5.11. The van der Waals surface area contributed by atoms with E-state index in [1.807, 2.05) is 13.8 Å². The van der Waals surface area contributed by atoms with E-state index in [-0.39, 0.29) is 18.1 Å². The van der Waals surface area contributed by atoms with Gasteiger partial charge in [-0.1, -0.05) is 0 Å². The molecule has 0 spiro atoms. The Morgan fingerprint density at radius 2 is 2.33 bits per heavy atom. The summed E-state index contributed by atoms with van der Waals surface area (Å²) in [6, 6.07) is -0.0993. The molecule has 1 rings (SSSR count). The minimum absolute atomic E-state index is 0.0505. The molecule has 1 aliphatic rings. The van der Waals surface area contributed by atoms with Gasteiger partial charge in [0.25, 0.3) is 0 Å². The summed E-state index contributed by atoms with van der Waals surface area (Å²) in [6.07, 6.45) is 0.219. The molecular formula is C10H21N3O2. The minimum atomic E-state index is -0.0993. The van der Waals surface area contributed by atoms with Gasteiger partial charge < -0.3 is 20.7 Å². The molecule has 0 aromatic rings. The van der Waals surface area contributed by atoms with Crippen molar-refractivity contribution in [3.8, 4) is 0 Å². The number of hydrogen-bond donors (Lipinski definition) is 3. The fourth-order valence-corrected chi connectivity index (χ4v) is 1.43. The number of amides is 1. The van der Waals surface area contributed by atoms with Gasteiger partial charge in [-0.25, -0.2) is 0 Å². The maximum absolute atomic E-state index is 11.6. The first-order chi connectivity index (χ1) is 7.20. The molecule has 5 heteroatoms. The molecule has 1 saturated heterocycles. The van der Waals surface area contributed by atoms with Crippen LogP contribution in [0.1, 0.15) is 13.8 Å². The second kappa shape index (κ2) is 6.76. The number of piperazine rings is 1. The van der Waals surface area contributed by atoms with E-state index in [4.69, 9.17) is 4.74 Å². The Kier molecular flexibility index (Phi) is 5.60. The number of carbonyl (C=O) groups is 1. The lowest BCUT2D eigenvalue weighted by molar-refractivity contribution is -0.123. The number of rotatable bonds is 5. The van der Waals surface area contributed by atoms with Crippen LogP contribution in [0.25, 0.3) is 0 Å². The second-order valence-electron chi connectivity index (χ2n) is 3.92. The van der Waals surface area contributed by atoms with E-state index in [0.717, 1.165) is 13.1 Å². The van der Waals surface area contributed by atoms with Crippen LogP contribution in [-0.2, 0) is 9.53 Å². The van der Waals surface area contributed by atoms with Crippen molar-refractivity contribution in [3.63, 3.8) is 0 Å². The smallest absolute Gasteiger partial charge is 0.238 e. The van der Waals surface area contributed by atoms with Gasteiger partial charge in [0.1, 0.15) is 0 Å². The fourth-order valence-electron chi connectivity index (χ4n) is 1.43. The highest BCUT2D eigenvalue weighted by molar-refractivity contribution is 5.82. The average Bonchev–Trinajstić information content (AvgIpc) is 2.25. The van der Waals surface area contributed by atoms with Crippen LogP contribution in [0.3, 0.4) is 0 Å². The van der Waals surface area contributed by atoms with Crippen LogP contribution in [0.5, 0.6) is 0 Å². The average molecular weight is 215 g/mol. The molecule has 1 aliphatic heterocycles. The van der Waals surface area contributed by atoms with Crippen molar-refractivity contribution in [3.05, 3.63) is 0 Å². The maximum atomic E-state index is 11.6. The molecule has 0 saturated carbocycles. The van der Waals surface area contributed by atoms with Crippen molar-refractivity contribution in [2.24, 2.45) is 0 Å². The molecule has 1 unspecified atom stereocenters. The highest BCUT2D eigenvalue weighted by Crippen LogP contribution is 1.88. The van der Waals surface area contributed by atoms with Crippen LogP contribution in [0.15, 0.2) is 0 Å². The Hall–Kier alpha value is -0.650. The molecule has 3 N–H and O–H groups in total. The van der Waals surface area contributed by atoms with E-state index in [0.29, 0.717) is 19.7 Å². The molecule has 0 aliphatic carbocycles. The van der Waals surface area contributed by atoms with Gasteiger partial charge in [-0.3, -0.25) is 4.79 Å². The predicted molar refractivity (Wildman–Crippen MR) is 58.8 cm³/mol. The predicted octanol–water partition coefficient (Wildman–Crippen LogP) is -0.911. The summed E-state index contributed by atoms with van der Waals surface area (Å²) in [5.74, 6) is 0.0505. The van der Waals surface area contributed by atoms with Gasteiger partial charge >= 0.3 is 0 Å². The third-order valence-corrected chi connectivity index (χ3v) is 2.21. The van der Waals surface area contributed by atoms with Gasteiger partial charge in [0.05, 0.1) is 18.8 Å². The van der Waals surface area contributed by atoms with Gasteiger partial charge in [-0.05, 0) is 13.8 Å².